The summed E-state index contributed by atoms with van der Waals surface area (Å²) in [6, 6.07) is 10.6. The van der Waals surface area contributed by atoms with Gasteiger partial charge < -0.3 is 10.6 Å². The van der Waals surface area contributed by atoms with Crippen LogP contribution in [0.5, 0.6) is 0 Å². The molecule has 4 rings (SSSR count). The van der Waals surface area contributed by atoms with Crippen molar-refractivity contribution in [3.63, 3.8) is 0 Å². The summed E-state index contributed by atoms with van der Waals surface area (Å²) >= 11 is 1.36. The molecule has 2 amide bonds. The Kier molecular flexibility index (Phi) is 6.22. The number of nitrogens with zero attached hydrogens (tertiary/aromatic N) is 3. The van der Waals surface area contributed by atoms with Crippen molar-refractivity contribution in [1.29, 1.82) is 0 Å². The van der Waals surface area contributed by atoms with Gasteiger partial charge in [0, 0.05) is 7.05 Å². The van der Waals surface area contributed by atoms with Gasteiger partial charge >= 0.3 is 0 Å². The fourth-order valence-electron chi connectivity index (χ4n) is 3.07. The highest BCUT2D eigenvalue weighted by Gasteiger charge is 2.27. The summed E-state index contributed by atoms with van der Waals surface area (Å²) in [7, 11) is 1.35. The van der Waals surface area contributed by atoms with E-state index in [0.717, 1.165) is 12.1 Å². The number of carbonyl (C=O) groups is 2. The van der Waals surface area contributed by atoms with Crippen molar-refractivity contribution in [2.45, 2.75) is 6.04 Å². The first-order valence-electron chi connectivity index (χ1n) is 9.61. The van der Waals surface area contributed by atoms with Gasteiger partial charge in [0.25, 0.3) is 5.91 Å². The molecule has 168 valence electrons. The minimum absolute atomic E-state index is 0.0399. The number of hydrogen-bond acceptors (Lipinski definition) is 5. The lowest BCUT2D eigenvalue weighted by Crippen LogP contribution is -2.39. The zero-order valence-corrected chi connectivity index (χ0v) is 17.9. The van der Waals surface area contributed by atoms with Crippen molar-refractivity contribution in [3.05, 3.63) is 88.8 Å². The third-order valence-electron chi connectivity index (χ3n) is 4.68. The Morgan fingerprint density at radius 2 is 1.79 bits per heavy atom. The molecule has 1 unspecified atom stereocenters. The van der Waals surface area contributed by atoms with Gasteiger partial charge in [0.2, 0.25) is 11.7 Å². The van der Waals surface area contributed by atoms with Crippen molar-refractivity contribution >= 4 is 23.2 Å². The van der Waals surface area contributed by atoms with E-state index in [-0.39, 0.29) is 11.4 Å². The minimum atomic E-state index is -1.32. The molecule has 0 saturated heterocycles. The van der Waals surface area contributed by atoms with Crippen LogP contribution < -0.4 is 10.6 Å². The molecule has 0 aliphatic carbocycles. The standard InChI is InChI=1S/C22H16F3N5O2S/c1-26-21(31)18(12-4-9-15(24)16(25)11-12)27-22(32)19-28-20(17-3-2-10-33-17)30(29-19)14-7-5-13(23)6-8-14/h2-11,18H,1H3,(H,26,31)(H,27,32). The van der Waals surface area contributed by atoms with E-state index in [2.05, 4.69) is 20.7 Å². The average Bonchev–Trinajstić information content (AvgIpc) is 3.49. The first-order valence-corrected chi connectivity index (χ1v) is 10.5. The molecule has 33 heavy (non-hydrogen) atoms. The van der Waals surface area contributed by atoms with Gasteiger partial charge in [-0.2, -0.15) is 0 Å². The maximum Gasteiger partial charge on any atom is 0.291 e. The monoisotopic (exact) mass is 471 g/mol. The maximum absolute atomic E-state index is 13.7. The molecule has 0 aliphatic heterocycles. The number of carbonyl (C=O) groups excluding carboxylic acids is 2. The largest absolute Gasteiger partial charge is 0.357 e. The molecule has 0 radical (unpaired) electrons. The number of rotatable bonds is 6. The fourth-order valence-corrected chi connectivity index (χ4v) is 3.77. The Bertz CT molecular complexity index is 1310. The molecule has 2 aromatic heterocycles. The summed E-state index contributed by atoms with van der Waals surface area (Å²) in [5.74, 6) is -4.06. The molecule has 0 saturated carbocycles. The third-order valence-corrected chi connectivity index (χ3v) is 5.55. The topological polar surface area (TPSA) is 88.9 Å². The van der Waals surface area contributed by atoms with Crippen LogP contribution in [0.2, 0.25) is 0 Å². The third kappa shape index (κ3) is 4.62. The number of benzene rings is 2. The summed E-state index contributed by atoms with van der Waals surface area (Å²) in [6.45, 7) is 0. The maximum atomic E-state index is 13.7. The van der Waals surface area contributed by atoms with Crippen molar-refractivity contribution in [1.82, 2.24) is 25.4 Å². The van der Waals surface area contributed by atoms with E-state index in [4.69, 9.17) is 0 Å². The van der Waals surface area contributed by atoms with Crippen LogP contribution in [0.25, 0.3) is 16.4 Å². The highest BCUT2D eigenvalue weighted by molar-refractivity contribution is 7.13. The Morgan fingerprint density at radius 1 is 1.03 bits per heavy atom. The second kappa shape index (κ2) is 9.25. The number of likely N-dealkylation sites (N-methyl/N-ethyl adjacent to an activating group) is 1. The van der Waals surface area contributed by atoms with Crippen molar-refractivity contribution in [2.75, 3.05) is 7.05 Å². The Labute approximate surface area is 189 Å². The van der Waals surface area contributed by atoms with Crippen molar-refractivity contribution in [3.8, 4) is 16.4 Å². The Hall–Kier alpha value is -3.99. The van der Waals surface area contributed by atoms with Crippen LogP contribution in [0.3, 0.4) is 0 Å². The molecular weight excluding hydrogens is 455 g/mol. The second-order valence-electron chi connectivity index (χ2n) is 6.82. The summed E-state index contributed by atoms with van der Waals surface area (Å²) in [4.78, 5) is 30.3. The molecule has 2 N–H and O–H groups in total. The van der Waals surface area contributed by atoms with E-state index in [9.17, 15) is 22.8 Å². The number of thiophene rings is 1. The van der Waals surface area contributed by atoms with E-state index in [0.29, 0.717) is 16.4 Å². The molecule has 0 aliphatic rings. The SMILES string of the molecule is CNC(=O)C(NC(=O)c1nc(-c2cccs2)n(-c2ccc(F)cc2)n1)c1ccc(F)c(F)c1. The van der Waals surface area contributed by atoms with Gasteiger partial charge in [-0.05, 0) is 53.4 Å². The van der Waals surface area contributed by atoms with Gasteiger partial charge in [-0.1, -0.05) is 12.1 Å². The van der Waals surface area contributed by atoms with Gasteiger partial charge in [-0.25, -0.2) is 22.8 Å². The van der Waals surface area contributed by atoms with Crippen LogP contribution >= 0.6 is 11.3 Å². The lowest BCUT2D eigenvalue weighted by atomic mass is 10.1. The summed E-state index contributed by atoms with van der Waals surface area (Å²) in [5.41, 5.74) is 0.507. The van der Waals surface area contributed by atoms with Gasteiger partial charge in [0.1, 0.15) is 11.9 Å². The molecule has 0 spiro atoms. The Morgan fingerprint density at radius 3 is 2.42 bits per heavy atom. The quantitative estimate of drug-likeness (QED) is 0.450. The molecule has 2 aromatic carbocycles. The fraction of sp³-hybridized carbons (Fsp3) is 0.0909. The van der Waals surface area contributed by atoms with Crippen LogP contribution in [-0.2, 0) is 4.79 Å². The zero-order chi connectivity index (χ0) is 23.5. The highest BCUT2D eigenvalue weighted by Crippen LogP contribution is 2.26. The lowest BCUT2D eigenvalue weighted by Gasteiger charge is -2.17. The predicted octanol–water partition coefficient (Wildman–Crippen LogP) is 3.63. The molecule has 4 aromatic rings. The lowest BCUT2D eigenvalue weighted by molar-refractivity contribution is -0.122. The predicted molar refractivity (Wildman–Crippen MR) is 115 cm³/mol. The van der Waals surface area contributed by atoms with Crippen LogP contribution in [0, 0.1) is 17.5 Å². The number of halogens is 3. The smallest absolute Gasteiger partial charge is 0.291 e. The number of nitrogens with one attached hydrogen (secondary N) is 2. The van der Waals surface area contributed by atoms with Crippen LogP contribution in [0.4, 0.5) is 13.2 Å². The molecule has 11 heteroatoms. The number of hydrogen-bond donors (Lipinski definition) is 2. The van der Waals surface area contributed by atoms with Crippen LogP contribution in [0.1, 0.15) is 22.2 Å². The van der Waals surface area contributed by atoms with E-state index >= 15 is 0 Å². The van der Waals surface area contributed by atoms with E-state index in [1.54, 1.807) is 12.1 Å². The molecule has 0 fully saturated rings. The van der Waals surface area contributed by atoms with E-state index in [1.807, 2.05) is 5.38 Å². The first kappa shape index (κ1) is 22.2. The van der Waals surface area contributed by atoms with Gasteiger partial charge in [0.05, 0.1) is 10.6 Å². The molecule has 7 nitrogen and oxygen atoms in total. The second-order valence-corrected chi connectivity index (χ2v) is 7.77. The molecule has 2 heterocycles. The normalized spacial score (nSPS) is 11.8. The van der Waals surface area contributed by atoms with Crippen molar-refractivity contribution < 1.29 is 22.8 Å². The number of aromatic nitrogens is 3. The Balaban J connectivity index is 1.71. The molecule has 0 bridgehead atoms. The van der Waals surface area contributed by atoms with E-state index in [1.165, 1.54) is 53.4 Å². The van der Waals surface area contributed by atoms with Crippen LogP contribution in [0.15, 0.2) is 60.0 Å². The van der Waals surface area contributed by atoms with Gasteiger partial charge in [-0.3, -0.25) is 9.59 Å². The van der Waals surface area contributed by atoms with Crippen molar-refractivity contribution in [2.24, 2.45) is 0 Å². The first-order chi connectivity index (χ1) is 15.9. The average molecular weight is 471 g/mol. The van der Waals surface area contributed by atoms with E-state index < -0.39 is 35.3 Å². The summed E-state index contributed by atoms with van der Waals surface area (Å²) in [6.07, 6.45) is 0. The summed E-state index contributed by atoms with van der Waals surface area (Å²) in [5, 5.41) is 10.9. The van der Waals surface area contributed by atoms with Crippen LogP contribution in [-0.4, -0.2) is 33.6 Å². The molecule has 1 atom stereocenters. The highest BCUT2D eigenvalue weighted by atomic mass is 32.1. The summed E-state index contributed by atoms with van der Waals surface area (Å²) < 4.78 is 41.8. The zero-order valence-electron chi connectivity index (χ0n) is 17.1. The van der Waals surface area contributed by atoms with Gasteiger partial charge in [-0.15, -0.1) is 16.4 Å². The molecular formula is C22H16F3N5O2S. The minimum Gasteiger partial charge on any atom is -0.357 e. The van der Waals surface area contributed by atoms with Gasteiger partial charge in [0.15, 0.2) is 17.5 Å². The number of amides is 2.